The molecular formula is C17H18F2N2O. The van der Waals surface area contributed by atoms with E-state index in [0.29, 0.717) is 0 Å². The molecule has 2 rings (SSSR count). The summed E-state index contributed by atoms with van der Waals surface area (Å²) in [5, 5.41) is 5.62. The molecule has 0 aliphatic rings. The molecule has 2 N–H and O–H groups in total. The molecule has 2 aromatic carbocycles. The highest BCUT2D eigenvalue weighted by Crippen LogP contribution is 2.16. The Morgan fingerprint density at radius 2 is 1.86 bits per heavy atom. The molecule has 5 heteroatoms. The van der Waals surface area contributed by atoms with Crippen molar-refractivity contribution in [1.29, 1.82) is 0 Å². The fraction of sp³-hybridized carbons (Fsp3) is 0.235. The van der Waals surface area contributed by atoms with Gasteiger partial charge in [0.15, 0.2) is 0 Å². The molecule has 0 radical (unpaired) electrons. The molecule has 0 atom stereocenters. The molecule has 0 aliphatic carbocycles. The van der Waals surface area contributed by atoms with Crippen LogP contribution in [-0.2, 0) is 11.2 Å². The number of amides is 1. The SMILES string of the molecule is CCc1ccccc1NC(=O)CCNc1ccc(F)cc1F. The first-order valence-electron chi connectivity index (χ1n) is 7.17. The molecule has 0 aromatic heterocycles. The Kier molecular flexibility index (Phi) is 5.47. The van der Waals surface area contributed by atoms with Crippen LogP contribution in [0.2, 0.25) is 0 Å². The smallest absolute Gasteiger partial charge is 0.226 e. The van der Waals surface area contributed by atoms with Crippen molar-refractivity contribution in [2.24, 2.45) is 0 Å². The van der Waals surface area contributed by atoms with Crippen LogP contribution in [0.25, 0.3) is 0 Å². The first-order valence-corrected chi connectivity index (χ1v) is 7.17. The van der Waals surface area contributed by atoms with Crippen molar-refractivity contribution in [2.45, 2.75) is 19.8 Å². The van der Waals surface area contributed by atoms with Crippen LogP contribution in [0.15, 0.2) is 42.5 Å². The minimum atomic E-state index is -0.670. The molecule has 22 heavy (non-hydrogen) atoms. The summed E-state index contributed by atoms with van der Waals surface area (Å²) < 4.78 is 26.2. The van der Waals surface area contributed by atoms with Gasteiger partial charge in [-0.15, -0.1) is 0 Å². The number of carbonyl (C=O) groups is 1. The van der Waals surface area contributed by atoms with Gasteiger partial charge in [0.25, 0.3) is 0 Å². The third-order valence-electron chi connectivity index (χ3n) is 3.27. The monoisotopic (exact) mass is 304 g/mol. The van der Waals surface area contributed by atoms with E-state index in [-0.39, 0.29) is 24.6 Å². The zero-order valence-corrected chi connectivity index (χ0v) is 12.3. The van der Waals surface area contributed by atoms with E-state index < -0.39 is 11.6 Å². The van der Waals surface area contributed by atoms with Crippen molar-refractivity contribution in [1.82, 2.24) is 0 Å². The van der Waals surface area contributed by atoms with E-state index in [1.807, 2.05) is 31.2 Å². The third kappa shape index (κ3) is 4.28. The van der Waals surface area contributed by atoms with Gasteiger partial charge >= 0.3 is 0 Å². The van der Waals surface area contributed by atoms with Gasteiger partial charge < -0.3 is 10.6 Å². The van der Waals surface area contributed by atoms with Gasteiger partial charge in [0, 0.05) is 24.7 Å². The Bertz CT molecular complexity index is 659. The van der Waals surface area contributed by atoms with Gasteiger partial charge in [-0.2, -0.15) is 0 Å². The van der Waals surface area contributed by atoms with Crippen LogP contribution < -0.4 is 10.6 Å². The Hall–Kier alpha value is -2.43. The van der Waals surface area contributed by atoms with Crippen molar-refractivity contribution < 1.29 is 13.6 Å². The number of hydrogen-bond acceptors (Lipinski definition) is 2. The number of halogens is 2. The highest BCUT2D eigenvalue weighted by atomic mass is 19.1. The molecular weight excluding hydrogens is 286 g/mol. The molecule has 0 unspecified atom stereocenters. The number of hydrogen-bond donors (Lipinski definition) is 2. The number of para-hydroxylation sites is 1. The van der Waals surface area contributed by atoms with Gasteiger partial charge in [-0.05, 0) is 30.2 Å². The summed E-state index contributed by atoms with van der Waals surface area (Å²) in [6.45, 7) is 2.28. The van der Waals surface area contributed by atoms with E-state index in [9.17, 15) is 13.6 Å². The summed E-state index contributed by atoms with van der Waals surface area (Å²) in [5.74, 6) is -1.45. The Morgan fingerprint density at radius 1 is 1.09 bits per heavy atom. The molecule has 0 saturated carbocycles. The van der Waals surface area contributed by atoms with Crippen LogP contribution in [0.1, 0.15) is 18.9 Å². The van der Waals surface area contributed by atoms with Crippen LogP contribution in [0.4, 0.5) is 20.2 Å². The van der Waals surface area contributed by atoms with Crippen LogP contribution in [0, 0.1) is 11.6 Å². The zero-order valence-electron chi connectivity index (χ0n) is 12.3. The minimum Gasteiger partial charge on any atom is -0.382 e. The fourth-order valence-electron chi connectivity index (χ4n) is 2.11. The summed E-state index contributed by atoms with van der Waals surface area (Å²) in [6, 6.07) is 10.9. The molecule has 0 bridgehead atoms. The number of rotatable bonds is 6. The van der Waals surface area contributed by atoms with Gasteiger partial charge in [-0.25, -0.2) is 8.78 Å². The second-order valence-electron chi connectivity index (χ2n) is 4.86. The molecule has 116 valence electrons. The van der Waals surface area contributed by atoms with Gasteiger partial charge in [-0.1, -0.05) is 25.1 Å². The molecule has 0 heterocycles. The summed E-state index contributed by atoms with van der Waals surface area (Å²) in [6.07, 6.45) is 1.02. The molecule has 0 fully saturated rings. The lowest BCUT2D eigenvalue weighted by Crippen LogP contribution is -2.17. The van der Waals surface area contributed by atoms with E-state index in [1.165, 1.54) is 12.1 Å². The summed E-state index contributed by atoms with van der Waals surface area (Å²) in [4.78, 5) is 11.9. The van der Waals surface area contributed by atoms with Crippen molar-refractivity contribution in [2.75, 3.05) is 17.2 Å². The summed E-state index contributed by atoms with van der Waals surface area (Å²) in [7, 11) is 0. The second-order valence-corrected chi connectivity index (χ2v) is 4.86. The van der Waals surface area contributed by atoms with Gasteiger partial charge in [0.1, 0.15) is 11.6 Å². The zero-order chi connectivity index (χ0) is 15.9. The Balaban J connectivity index is 1.85. The lowest BCUT2D eigenvalue weighted by molar-refractivity contribution is -0.115. The van der Waals surface area contributed by atoms with E-state index in [2.05, 4.69) is 10.6 Å². The van der Waals surface area contributed by atoms with Gasteiger partial charge in [0.2, 0.25) is 5.91 Å². The van der Waals surface area contributed by atoms with E-state index in [1.54, 1.807) is 0 Å². The van der Waals surface area contributed by atoms with Crippen molar-refractivity contribution in [3.8, 4) is 0 Å². The number of nitrogens with one attached hydrogen (secondary N) is 2. The van der Waals surface area contributed by atoms with Crippen LogP contribution in [0.3, 0.4) is 0 Å². The van der Waals surface area contributed by atoms with E-state index in [4.69, 9.17) is 0 Å². The number of carbonyl (C=O) groups excluding carboxylic acids is 1. The maximum absolute atomic E-state index is 13.4. The standard InChI is InChI=1S/C17H18F2N2O/c1-2-12-5-3-4-6-15(12)21-17(22)9-10-20-16-8-7-13(18)11-14(16)19/h3-8,11,20H,2,9-10H2,1H3,(H,21,22). The Morgan fingerprint density at radius 3 is 2.59 bits per heavy atom. The fourth-order valence-corrected chi connectivity index (χ4v) is 2.11. The predicted molar refractivity (Wildman–Crippen MR) is 83.9 cm³/mol. The van der Waals surface area contributed by atoms with Gasteiger partial charge in [-0.3, -0.25) is 4.79 Å². The average Bonchev–Trinajstić information content (AvgIpc) is 2.50. The molecule has 3 nitrogen and oxygen atoms in total. The largest absolute Gasteiger partial charge is 0.382 e. The topological polar surface area (TPSA) is 41.1 Å². The maximum atomic E-state index is 13.4. The lowest BCUT2D eigenvalue weighted by atomic mass is 10.1. The number of anilines is 2. The molecule has 0 aliphatic heterocycles. The van der Waals surface area contributed by atoms with Crippen molar-refractivity contribution in [3.05, 3.63) is 59.7 Å². The lowest BCUT2D eigenvalue weighted by Gasteiger charge is -2.11. The first kappa shape index (κ1) is 15.9. The molecule has 0 saturated heterocycles. The number of aryl methyl sites for hydroxylation is 1. The highest BCUT2D eigenvalue weighted by Gasteiger charge is 2.07. The maximum Gasteiger partial charge on any atom is 0.226 e. The van der Waals surface area contributed by atoms with Gasteiger partial charge in [0.05, 0.1) is 5.69 Å². The molecule has 2 aromatic rings. The minimum absolute atomic E-state index is 0.157. The highest BCUT2D eigenvalue weighted by molar-refractivity contribution is 5.91. The number of benzene rings is 2. The van der Waals surface area contributed by atoms with E-state index in [0.717, 1.165) is 23.7 Å². The van der Waals surface area contributed by atoms with Crippen LogP contribution >= 0.6 is 0 Å². The molecule has 1 amide bonds. The third-order valence-corrected chi connectivity index (χ3v) is 3.27. The first-order chi connectivity index (χ1) is 10.6. The van der Waals surface area contributed by atoms with E-state index >= 15 is 0 Å². The van der Waals surface area contributed by atoms with Crippen molar-refractivity contribution >= 4 is 17.3 Å². The predicted octanol–water partition coefficient (Wildman–Crippen LogP) is 3.97. The van der Waals surface area contributed by atoms with Crippen molar-refractivity contribution in [3.63, 3.8) is 0 Å². The Labute approximate surface area is 128 Å². The average molecular weight is 304 g/mol. The normalized spacial score (nSPS) is 10.3. The summed E-state index contributed by atoms with van der Waals surface area (Å²) >= 11 is 0. The van der Waals surface area contributed by atoms with Crippen LogP contribution in [0.5, 0.6) is 0 Å². The summed E-state index contributed by atoms with van der Waals surface area (Å²) in [5.41, 5.74) is 2.04. The quantitative estimate of drug-likeness (QED) is 0.848. The molecule has 0 spiro atoms. The second kappa shape index (κ2) is 7.54. The van der Waals surface area contributed by atoms with Crippen LogP contribution in [-0.4, -0.2) is 12.5 Å².